The number of halogens is 1. The molecule has 9 nitrogen and oxygen atoms in total. The average molecular weight is 469 g/mol. The SMILES string of the molecule is COc1ccc(Cl)cc1-c1nn(C2CCCC(O)C2)cc1NC(O)c1cnn2cccnc12. The topological polar surface area (TPSA) is 110 Å². The first-order valence-electron chi connectivity index (χ1n) is 10.9. The maximum Gasteiger partial charge on any atom is 0.162 e. The van der Waals surface area contributed by atoms with Crippen molar-refractivity contribution in [2.24, 2.45) is 0 Å². The third-order valence-corrected chi connectivity index (χ3v) is 6.27. The summed E-state index contributed by atoms with van der Waals surface area (Å²) in [6, 6.07) is 7.16. The quantitative estimate of drug-likeness (QED) is 0.369. The molecule has 172 valence electrons. The van der Waals surface area contributed by atoms with Crippen LogP contribution in [0.5, 0.6) is 5.75 Å². The molecule has 3 atom stereocenters. The Labute approximate surface area is 195 Å². The van der Waals surface area contributed by atoms with Gasteiger partial charge in [0.2, 0.25) is 0 Å². The van der Waals surface area contributed by atoms with Gasteiger partial charge in [0, 0.05) is 29.2 Å². The van der Waals surface area contributed by atoms with E-state index < -0.39 is 6.23 Å². The van der Waals surface area contributed by atoms with Crippen molar-refractivity contribution < 1.29 is 14.9 Å². The van der Waals surface area contributed by atoms with Gasteiger partial charge in [0.1, 0.15) is 11.4 Å². The molecule has 0 amide bonds. The average Bonchev–Trinajstić information content (AvgIpc) is 3.43. The van der Waals surface area contributed by atoms with Crippen molar-refractivity contribution in [3.8, 4) is 17.0 Å². The van der Waals surface area contributed by atoms with Crippen molar-refractivity contribution >= 4 is 22.9 Å². The molecule has 3 heterocycles. The van der Waals surface area contributed by atoms with Crippen LogP contribution in [0, 0.1) is 0 Å². The van der Waals surface area contributed by atoms with E-state index in [0.717, 1.165) is 19.3 Å². The molecule has 0 radical (unpaired) electrons. The second-order valence-electron chi connectivity index (χ2n) is 8.22. The number of methoxy groups -OCH3 is 1. The van der Waals surface area contributed by atoms with Crippen molar-refractivity contribution in [2.75, 3.05) is 12.4 Å². The monoisotopic (exact) mass is 468 g/mol. The van der Waals surface area contributed by atoms with Gasteiger partial charge in [0.15, 0.2) is 11.9 Å². The molecule has 33 heavy (non-hydrogen) atoms. The van der Waals surface area contributed by atoms with E-state index in [1.807, 2.05) is 10.9 Å². The highest BCUT2D eigenvalue weighted by molar-refractivity contribution is 6.31. The van der Waals surface area contributed by atoms with Crippen LogP contribution in [-0.4, -0.2) is 47.8 Å². The molecule has 4 aromatic rings. The summed E-state index contributed by atoms with van der Waals surface area (Å²) < 4.78 is 9.02. The Bertz CT molecular complexity index is 1270. The van der Waals surface area contributed by atoms with Crippen molar-refractivity contribution in [2.45, 2.75) is 44.1 Å². The number of hydrogen-bond donors (Lipinski definition) is 3. The number of rotatable bonds is 6. The lowest BCUT2D eigenvalue weighted by Crippen LogP contribution is -2.22. The molecule has 1 saturated carbocycles. The Morgan fingerprint density at radius 3 is 3.00 bits per heavy atom. The zero-order chi connectivity index (χ0) is 22.9. The van der Waals surface area contributed by atoms with Crippen LogP contribution >= 0.6 is 11.6 Å². The van der Waals surface area contributed by atoms with E-state index in [1.165, 1.54) is 0 Å². The summed E-state index contributed by atoms with van der Waals surface area (Å²) in [6.07, 6.45) is 8.75. The number of hydrogen-bond acceptors (Lipinski definition) is 7. The van der Waals surface area contributed by atoms with E-state index in [4.69, 9.17) is 21.4 Å². The van der Waals surface area contributed by atoms with Gasteiger partial charge in [-0.3, -0.25) is 4.68 Å². The highest BCUT2D eigenvalue weighted by Gasteiger charge is 2.26. The smallest absolute Gasteiger partial charge is 0.162 e. The number of aliphatic hydroxyl groups excluding tert-OH is 2. The fourth-order valence-corrected chi connectivity index (χ4v) is 4.56. The molecule has 10 heteroatoms. The number of anilines is 1. The second-order valence-corrected chi connectivity index (χ2v) is 8.66. The zero-order valence-electron chi connectivity index (χ0n) is 18.1. The lowest BCUT2D eigenvalue weighted by atomic mass is 9.93. The Hall–Kier alpha value is -3.14. The molecule has 1 aliphatic rings. The second kappa shape index (κ2) is 9.01. The predicted molar refractivity (Wildman–Crippen MR) is 124 cm³/mol. The molecule has 0 saturated heterocycles. The molecule has 1 fully saturated rings. The number of aromatic nitrogens is 5. The minimum atomic E-state index is -1.07. The zero-order valence-corrected chi connectivity index (χ0v) is 18.9. The van der Waals surface area contributed by atoms with Gasteiger partial charge in [0.25, 0.3) is 0 Å². The molecule has 1 aliphatic carbocycles. The van der Waals surface area contributed by atoms with Crippen LogP contribution in [0.4, 0.5) is 5.69 Å². The summed E-state index contributed by atoms with van der Waals surface area (Å²) >= 11 is 6.29. The van der Waals surface area contributed by atoms with Crippen molar-refractivity contribution in [1.29, 1.82) is 0 Å². The van der Waals surface area contributed by atoms with Crippen LogP contribution in [0.3, 0.4) is 0 Å². The van der Waals surface area contributed by atoms with Crippen molar-refractivity contribution in [1.82, 2.24) is 24.4 Å². The molecule has 3 unspecified atom stereocenters. The van der Waals surface area contributed by atoms with Gasteiger partial charge in [-0.25, -0.2) is 9.50 Å². The predicted octanol–water partition coefficient (Wildman–Crippen LogP) is 3.83. The van der Waals surface area contributed by atoms with Crippen molar-refractivity contribution in [3.63, 3.8) is 0 Å². The van der Waals surface area contributed by atoms with E-state index in [0.29, 0.717) is 45.3 Å². The van der Waals surface area contributed by atoms with E-state index in [-0.39, 0.29) is 12.1 Å². The summed E-state index contributed by atoms with van der Waals surface area (Å²) in [6.45, 7) is 0. The van der Waals surface area contributed by atoms with Gasteiger partial charge < -0.3 is 20.3 Å². The van der Waals surface area contributed by atoms with Crippen LogP contribution in [0.1, 0.15) is 43.5 Å². The van der Waals surface area contributed by atoms with E-state index >= 15 is 0 Å². The fourth-order valence-electron chi connectivity index (χ4n) is 4.39. The van der Waals surface area contributed by atoms with Crippen molar-refractivity contribution in [3.05, 3.63) is 59.6 Å². The maximum absolute atomic E-state index is 11.0. The third kappa shape index (κ3) is 4.27. The minimum Gasteiger partial charge on any atom is -0.496 e. The molecule has 1 aromatic carbocycles. The lowest BCUT2D eigenvalue weighted by Gasteiger charge is -2.26. The third-order valence-electron chi connectivity index (χ3n) is 6.03. The molecule has 5 rings (SSSR count). The summed E-state index contributed by atoms with van der Waals surface area (Å²) in [7, 11) is 1.59. The highest BCUT2D eigenvalue weighted by Crippen LogP contribution is 2.39. The first-order chi connectivity index (χ1) is 16.0. The summed E-state index contributed by atoms with van der Waals surface area (Å²) in [4.78, 5) is 4.32. The van der Waals surface area contributed by atoms with Gasteiger partial charge >= 0.3 is 0 Å². The van der Waals surface area contributed by atoms with Gasteiger partial charge in [0.05, 0.1) is 36.7 Å². The highest BCUT2D eigenvalue weighted by atomic mass is 35.5. The minimum absolute atomic E-state index is 0.0593. The summed E-state index contributed by atoms with van der Waals surface area (Å²) in [5.74, 6) is 0.614. The number of nitrogens with zero attached hydrogens (tertiary/aromatic N) is 5. The van der Waals surface area contributed by atoms with Gasteiger partial charge in [-0.1, -0.05) is 11.6 Å². The maximum atomic E-state index is 11.0. The standard InChI is InChI=1S/C23H25ClN6O3/c1-33-20-7-6-14(24)10-17(20)21-19(13-30(28-21)15-4-2-5-16(31)11-15)27-23(32)18-12-26-29-9-3-8-25-22(18)29/h3,6-10,12-13,15-16,23,27,31-32H,2,4-5,11H2,1H3. The van der Waals surface area contributed by atoms with Crippen LogP contribution in [0.2, 0.25) is 5.02 Å². The van der Waals surface area contributed by atoms with Crippen LogP contribution in [0.15, 0.2) is 49.1 Å². The van der Waals surface area contributed by atoms with E-state index in [2.05, 4.69) is 15.4 Å². The normalized spacial score (nSPS) is 19.5. The molecule has 3 aromatic heterocycles. The van der Waals surface area contributed by atoms with Gasteiger partial charge in [-0.15, -0.1) is 0 Å². The van der Waals surface area contributed by atoms with Crippen LogP contribution < -0.4 is 10.1 Å². The Morgan fingerprint density at radius 1 is 1.30 bits per heavy atom. The fraction of sp³-hybridized carbons (Fsp3) is 0.348. The van der Waals surface area contributed by atoms with E-state index in [1.54, 1.807) is 54.5 Å². The molecule has 0 spiro atoms. The molecular weight excluding hydrogens is 444 g/mol. The van der Waals surface area contributed by atoms with Crippen LogP contribution in [-0.2, 0) is 0 Å². The Kier molecular flexibility index (Phi) is 5.92. The number of aliphatic hydroxyl groups is 2. The largest absolute Gasteiger partial charge is 0.496 e. The number of nitrogens with one attached hydrogen (secondary N) is 1. The molecule has 3 N–H and O–H groups in total. The first-order valence-corrected chi connectivity index (χ1v) is 11.2. The molecular formula is C23H25ClN6O3. The molecule has 0 aliphatic heterocycles. The Morgan fingerprint density at radius 2 is 2.18 bits per heavy atom. The number of ether oxygens (including phenoxy) is 1. The lowest BCUT2D eigenvalue weighted by molar-refractivity contribution is 0.100. The van der Waals surface area contributed by atoms with E-state index in [9.17, 15) is 10.2 Å². The number of benzene rings is 1. The van der Waals surface area contributed by atoms with Crippen LogP contribution in [0.25, 0.3) is 16.9 Å². The first kappa shape index (κ1) is 21.7. The molecule has 0 bridgehead atoms. The van der Waals surface area contributed by atoms with Gasteiger partial charge in [-0.05, 0) is 49.9 Å². The summed E-state index contributed by atoms with van der Waals surface area (Å²) in [5, 5.41) is 34.0. The summed E-state index contributed by atoms with van der Waals surface area (Å²) in [5.41, 5.74) is 3.01. The Balaban J connectivity index is 1.55. The van der Waals surface area contributed by atoms with Gasteiger partial charge in [-0.2, -0.15) is 10.2 Å². The number of fused-ring (bicyclic) bond motifs is 1.